The normalized spacial score (nSPS) is 14.2. The van der Waals surface area contributed by atoms with Gasteiger partial charge in [-0.3, -0.25) is 18.6 Å². The Morgan fingerprint density at radius 1 is 0.449 bits per heavy atom. The van der Waals surface area contributed by atoms with Crippen LogP contribution in [0.4, 0.5) is 0 Å². The summed E-state index contributed by atoms with van der Waals surface area (Å²) in [5, 5.41) is 0. The second-order valence-electron chi connectivity index (χ2n) is 17.0. The van der Waals surface area contributed by atoms with Crippen LogP contribution < -0.4 is 5.73 Å². The summed E-state index contributed by atoms with van der Waals surface area (Å²) < 4.78 is 32.8. The number of carbonyl (C=O) groups is 2. The number of phosphoric ester groups is 1. The maximum absolute atomic E-state index is 12.6. The van der Waals surface area contributed by atoms with E-state index in [0.717, 1.165) is 122 Å². The molecular formula is C59H96NO8P. The molecule has 0 aromatic carbocycles. The van der Waals surface area contributed by atoms with Crippen molar-refractivity contribution in [2.75, 3.05) is 26.4 Å². The van der Waals surface area contributed by atoms with Crippen LogP contribution in [0, 0.1) is 0 Å². The lowest BCUT2D eigenvalue weighted by Crippen LogP contribution is -2.29. The van der Waals surface area contributed by atoms with E-state index in [1.165, 1.54) is 38.5 Å². The van der Waals surface area contributed by atoms with Crippen molar-refractivity contribution in [2.24, 2.45) is 5.73 Å². The molecule has 0 amide bonds. The van der Waals surface area contributed by atoms with Crippen molar-refractivity contribution >= 4 is 19.8 Å². The van der Waals surface area contributed by atoms with Gasteiger partial charge in [-0.2, -0.15) is 0 Å². The Labute approximate surface area is 421 Å². The first-order valence-corrected chi connectivity index (χ1v) is 28.2. The van der Waals surface area contributed by atoms with Gasteiger partial charge in [0.1, 0.15) is 6.61 Å². The number of carbonyl (C=O) groups excluding carboxylic acids is 2. The van der Waals surface area contributed by atoms with Gasteiger partial charge in [-0.05, 0) is 96.3 Å². The Hall–Kier alpha value is -3.85. The molecule has 0 aliphatic rings. The van der Waals surface area contributed by atoms with Gasteiger partial charge in [0.05, 0.1) is 13.2 Å². The molecule has 9 nitrogen and oxygen atoms in total. The van der Waals surface area contributed by atoms with Crippen molar-refractivity contribution in [2.45, 2.75) is 200 Å². The number of phosphoric acid groups is 1. The summed E-state index contributed by atoms with van der Waals surface area (Å²) >= 11 is 0. The second kappa shape index (κ2) is 53.5. The molecule has 0 radical (unpaired) electrons. The molecule has 0 saturated carbocycles. The summed E-state index contributed by atoms with van der Waals surface area (Å²) in [4.78, 5) is 34.9. The van der Waals surface area contributed by atoms with E-state index in [1.807, 2.05) is 0 Å². The van der Waals surface area contributed by atoms with Crippen LogP contribution in [0.3, 0.4) is 0 Å². The molecule has 69 heavy (non-hydrogen) atoms. The minimum absolute atomic E-state index is 0.0441. The van der Waals surface area contributed by atoms with Crippen molar-refractivity contribution in [3.8, 4) is 0 Å². The Balaban J connectivity index is 4.01. The van der Waals surface area contributed by atoms with E-state index >= 15 is 0 Å². The molecule has 10 heteroatoms. The fraction of sp³-hybridized carbons (Fsp3) is 0.593. The molecule has 0 bridgehead atoms. The maximum Gasteiger partial charge on any atom is 0.472 e. The smallest absolute Gasteiger partial charge is 0.462 e. The first-order valence-electron chi connectivity index (χ1n) is 26.7. The van der Waals surface area contributed by atoms with E-state index < -0.39 is 32.5 Å². The molecule has 2 unspecified atom stereocenters. The van der Waals surface area contributed by atoms with Gasteiger partial charge in [0.15, 0.2) is 6.10 Å². The molecule has 0 aromatic rings. The average molecular weight is 978 g/mol. The van der Waals surface area contributed by atoms with Crippen LogP contribution in [0.25, 0.3) is 0 Å². The monoisotopic (exact) mass is 978 g/mol. The topological polar surface area (TPSA) is 134 Å². The van der Waals surface area contributed by atoms with Crippen LogP contribution in [-0.4, -0.2) is 49.3 Å². The molecule has 0 rings (SSSR count). The molecule has 390 valence electrons. The fourth-order valence-electron chi connectivity index (χ4n) is 6.64. The third-order valence-electron chi connectivity index (χ3n) is 10.6. The van der Waals surface area contributed by atoms with Gasteiger partial charge in [0, 0.05) is 19.4 Å². The molecule has 0 saturated heterocycles. The zero-order valence-corrected chi connectivity index (χ0v) is 44.1. The number of nitrogens with two attached hydrogens (primary N) is 1. The standard InChI is InChI=1S/C59H96NO8P/c1-3-5-7-9-11-13-14-15-16-17-18-19-20-21-22-23-24-25-26-27-28-29-30-31-32-33-34-35-36-37-38-39-40-41-42-44-46-48-50-52-59(62)68-57(56-67-69(63,64)66-54-53-60)55-65-58(61)51-49-47-45-43-12-10-8-6-4-2/h5,7,11,13,15-16,18-19,21-22,24-25,27-28,30-31,33-34,36-37,39-40,57H,3-4,6,8-10,12,14,17,20,23,26,29,32,35,38,41-56,60H2,1-2H3,(H,63,64)/b7-5-,13-11-,16-15-,19-18-,22-21-,25-24-,28-27-,31-30-,34-33-,37-36-,40-39-. The molecule has 2 atom stereocenters. The number of hydrogen-bond donors (Lipinski definition) is 2. The predicted octanol–water partition coefficient (Wildman–Crippen LogP) is 16.6. The minimum atomic E-state index is -4.39. The third kappa shape index (κ3) is 53.4. The van der Waals surface area contributed by atoms with Gasteiger partial charge >= 0.3 is 19.8 Å². The maximum atomic E-state index is 12.6. The van der Waals surface area contributed by atoms with E-state index in [9.17, 15) is 19.0 Å². The highest BCUT2D eigenvalue weighted by molar-refractivity contribution is 7.47. The highest BCUT2D eigenvalue weighted by Crippen LogP contribution is 2.43. The lowest BCUT2D eigenvalue weighted by molar-refractivity contribution is -0.161. The highest BCUT2D eigenvalue weighted by Gasteiger charge is 2.26. The summed E-state index contributed by atoms with van der Waals surface area (Å²) in [7, 11) is -4.39. The SMILES string of the molecule is CC/C=C\C/C=C\C/C=C\C/C=C\C/C=C\C/C=C\C/C=C\C/C=C\C/C=C\C/C=C\C/C=C\CCCCCCCC(=O)OC(COC(=O)CCCCCCCCCCC)COP(=O)(O)OCCN. The van der Waals surface area contributed by atoms with E-state index in [1.54, 1.807) is 0 Å². The number of allylic oxidation sites excluding steroid dienone is 22. The lowest BCUT2D eigenvalue weighted by atomic mass is 10.1. The Morgan fingerprint density at radius 3 is 1.19 bits per heavy atom. The third-order valence-corrected chi connectivity index (χ3v) is 11.5. The Bertz CT molecular complexity index is 1580. The van der Waals surface area contributed by atoms with Crippen LogP contribution in [0.2, 0.25) is 0 Å². The summed E-state index contributed by atoms with van der Waals surface area (Å²) in [5.74, 6) is -0.863. The van der Waals surface area contributed by atoms with E-state index in [0.29, 0.717) is 6.42 Å². The summed E-state index contributed by atoms with van der Waals surface area (Å²) in [6, 6.07) is 0. The van der Waals surface area contributed by atoms with E-state index in [4.69, 9.17) is 24.3 Å². The highest BCUT2D eigenvalue weighted by atomic mass is 31.2. The van der Waals surface area contributed by atoms with Gasteiger partial charge in [0.2, 0.25) is 0 Å². The summed E-state index contributed by atoms with van der Waals surface area (Å²) in [6.45, 7) is 3.55. The zero-order chi connectivity index (χ0) is 50.2. The van der Waals surface area contributed by atoms with Crippen molar-refractivity contribution in [3.63, 3.8) is 0 Å². The van der Waals surface area contributed by atoms with Crippen molar-refractivity contribution < 1.29 is 37.6 Å². The molecule has 0 aliphatic carbocycles. The van der Waals surface area contributed by atoms with E-state index in [-0.39, 0.29) is 32.6 Å². The van der Waals surface area contributed by atoms with E-state index in [2.05, 4.69) is 148 Å². The van der Waals surface area contributed by atoms with Crippen LogP contribution in [-0.2, 0) is 32.7 Å². The summed E-state index contributed by atoms with van der Waals surface area (Å²) in [6.07, 6.45) is 75.2. The first-order chi connectivity index (χ1) is 33.8. The number of rotatable bonds is 48. The Morgan fingerprint density at radius 2 is 0.797 bits per heavy atom. The number of unbranched alkanes of at least 4 members (excludes halogenated alkanes) is 13. The van der Waals surface area contributed by atoms with Crippen LogP contribution in [0.1, 0.15) is 194 Å². The molecule has 0 fully saturated rings. The number of esters is 2. The van der Waals surface area contributed by atoms with Crippen molar-refractivity contribution in [3.05, 3.63) is 134 Å². The zero-order valence-electron chi connectivity index (χ0n) is 43.2. The van der Waals surface area contributed by atoms with Gasteiger partial charge < -0.3 is 20.1 Å². The van der Waals surface area contributed by atoms with Gasteiger partial charge in [-0.25, -0.2) is 4.57 Å². The number of hydrogen-bond acceptors (Lipinski definition) is 8. The molecule has 0 aliphatic heterocycles. The number of ether oxygens (including phenoxy) is 2. The van der Waals surface area contributed by atoms with Crippen molar-refractivity contribution in [1.29, 1.82) is 0 Å². The summed E-state index contributed by atoms with van der Waals surface area (Å²) in [5.41, 5.74) is 5.35. The Kier molecular flexibility index (Phi) is 50.5. The van der Waals surface area contributed by atoms with Crippen LogP contribution in [0.5, 0.6) is 0 Å². The molecular weight excluding hydrogens is 882 g/mol. The second-order valence-corrected chi connectivity index (χ2v) is 18.5. The average Bonchev–Trinajstić information content (AvgIpc) is 3.34. The first kappa shape index (κ1) is 65.1. The van der Waals surface area contributed by atoms with Gasteiger partial charge in [-0.15, -0.1) is 0 Å². The van der Waals surface area contributed by atoms with Crippen molar-refractivity contribution in [1.82, 2.24) is 0 Å². The van der Waals surface area contributed by atoms with Crippen LogP contribution in [0.15, 0.2) is 134 Å². The predicted molar refractivity (Wildman–Crippen MR) is 293 cm³/mol. The molecule has 0 aromatic heterocycles. The molecule has 0 spiro atoms. The lowest BCUT2D eigenvalue weighted by Gasteiger charge is -2.19. The fourth-order valence-corrected chi connectivity index (χ4v) is 7.40. The quantitative estimate of drug-likeness (QED) is 0.0264. The molecule has 0 heterocycles. The van der Waals surface area contributed by atoms with Gasteiger partial charge in [-0.1, -0.05) is 218 Å². The minimum Gasteiger partial charge on any atom is -0.462 e. The van der Waals surface area contributed by atoms with Gasteiger partial charge in [0.25, 0.3) is 0 Å². The van der Waals surface area contributed by atoms with Crippen LogP contribution >= 0.6 is 7.82 Å². The largest absolute Gasteiger partial charge is 0.472 e. The molecule has 3 N–H and O–H groups in total.